The summed E-state index contributed by atoms with van der Waals surface area (Å²) in [6.45, 7) is 4.77. The van der Waals surface area contributed by atoms with E-state index in [4.69, 9.17) is 9.47 Å². The first-order valence-electron chi connectivity index (χ1n) is 17.8. The van der Waals surface area contributed by atoms with Crippen LogP contribution in [-0.2, 0) is 27.4 Å². The van der Waals surface area contributed by atoms with Gasteiger partial charge in [0.05, 0.1) is 18.8 Å². The third-order valence-corrected chi connectivity index (χ3v) is 10.9. The number of nitrogens with zero attached hydrogens (tertiary/aromatic N) is 2. The molecule has 0 radical (unpaired) electrons. The van der Waals surface area contributed by atoms with Gasteiger partial charge in [-0.05, 0) is 30.0 Å². The molecule has 1 amide bonds. The lowest BCUT2D eigenvalue weighted by Crippen LogP contribution is -2.31. The van der Waals surface area contributed by atoms with Gasteiger partial charge in [-0.1, -0.05) is 156 Å². The maximum absolute atomic E-state index is 12.5. The zero-order chi connectivity index (χ0) is 33.1. The monoisotopic (exact) mass is 681 g/mol. The molecular weight excluding hydrogens is 627 g/mol. The lowest BCUT2D eigenvalue weighted by Gasteiger charge is -2.36. The molecule has 9 heteroatoms. The molecule has 0 aliphatic carbocycles. The second-order valence-electron chi connectivity index (χ2n) is 12.8. The van der Waals surface area contributed by atoms with Crippen LogP contribution >= 0.6 is 23.1 Å². The predicted octanol–water partition coefficient (Wildman–Crippen LogP) is 9.77. The number of aromatic nitrogens is 2. The van der Waals surface area contributed by atoms with E-state index in [-0.39, 0.29) is 24.7 Å². The zero-order valence-electron chi connectivity index (χ0n) is 28.5. The zero-order valence-corrected chi connectivity index (χ0v) is 30.1. The van der Waals surface area contributed by atoms with Crippen LogP contribution in [0.25, 0.3) is 0 Å². The van der Waals surface area contributed by atoms with Crippen LogP contribution in [-0.4, -0.2) is 33.1 Å². The molecule has 4 rings (SSSR count). The number of carbonyl (C=O) groups is 1. The summed E-state index contributed by atoms with van der Waals surface area (Å²) in [6, 6.07) is 16.1. The summed E-state index contributed by atoms with van der Waals surface area (Å²) in [7, 11) is 0. The van der Waals surface area contributed by atoms with Gasteiger partial charge in [-0.3, -0.25) is 4.79 Å². The Morgan fingerprint density at radius 2 is 1.43 bits per heavy atom. The molecule has 3 aromatic rings. The maximum Gasteiger partial charge on any atom is 0.220 e. The second-order valence-corrected chi connectivity index (χ2v) is 15.2. The molecule has 0 bridgehead atoms. The van der Waals surface area contributed by atoms with Crippen molar-refractivity contribution in [2.75, 3.05) is 5.75 Å². The largest absolute Gasteiger partial charge is 0.392 e. The van der Waals surface area contributed by atoms with E-state index in [9.17, 15) is 9.90 Å². The highest BCUT2D eigenvalue weighted by Crippen LogP contribution is 2.39. The first kappa shape index (κ1) is 37.5. The van der Waals surface area contributed by atoms with Crippen molar-refractivity contribution in [2.24, 2.45) is 0 Å². The molecule has 1 saturated heterocycles. The van der Waals surface area contributed by atoms with Crippen LogP contribution in [0.4, 0.5) is 0 Å². The molecule has 1 aromatic heterocycles. The summed E-state index contributed by atoms with van der Waals surface area (Å²) in [6.07, 6.45) is 17.6. The van der Waals surface area contributed by atoms with Gasteiger partial charge in [0.2, 0.25) is 5.91 Å². The minimum atomic E-state index is -0.507. The lowest BCUT2D eigenvalue weighted by molar-refractivity contribution is -0.245. The fourth-order valence-corrected chi connectivity index (χ4v) is 7.77. The molecule has 7 nitrogen and oxygen atoms in total. The van der Waals surface area contributed by atoms with E-state index in [0.717, 1.165) is 56.6 Å². The van der Waals surface area contributed by atoms with E-state index in [1.165, 1.54) is 70.6 Å². The number of nitrogens with one attached hydrogen (secondary N) is 1. The molecule has 3 atom stereocenters. The summed E-state index contributed by atoms with van der Waals surface area (Å²) in [4.78, 5) is 12.5. The number of aryl methyl sites for hydroxylation is 1. The fraction of sp³-hybridized carbons (Fsp3) is 0.605. The number of aliphatic hydroxyl groups is 1. The van der Waals surface area contributed by atoms with Crippen LogP contribution in [0.5, 0.6) is 0 Å². The Morgan fingerprint density at radius 1 is 0.830 bits per heavy atom. The molecule has 1 fully saturated rings. The van der Waals surface area contributed by atoms with Gasteiger partial charge in [0.15, 0.2) is 10.6 Å². The molecule has 2 heterocycles. The average molecular weight is 682 g/mol. The molecule has 0 saturated carbocycles. The van der Waals surface area contributed by atoms with Gasteiger partial charge in [0.1, 0.15) is 5.01 Å². The van der Waals surface area contributed by atoms with Crippen LogP contribution in [0.1, 0.15) is 143 Å². The third kappa shape index (κ3) is 14.0. The van der Waals surface area contributed by atoms with Crippen molar-refractivity contribution in [2.45, 2.75) is 146 Å². The van der Waals surface area contributed by atoms with E-state index in [1.807, 2.05) is 55.5 Å². The van der Waals surface area contributed by atoms with Gasteiger partial charge in [-0.2, -0.15) is 0 Å². The lowest BCUT2D eigenvalue weighted by atomic mass is 10.0. The normalized spacial score (nSPS) is 18.0. The Kier molecular flexibility index (Phi) is 17.3. The number of amides is 1. The number of carbonyl (C=O) groups excluding carboxylic acids is 1. The Hall–Kier alpha value is -2.30. The number of benzene rings is 2. The van der Waals surface area contributed by atoms with E-state index < -0.39 is 6.29 Å². The standard InChI is InChI=1S/C38H55N3O4S2/c1-3-4-5-6-7-8-9-10-11-12-13-14-15-16-36(43)39-26-30-17-23-33(24-18-30)37-44-34(28-46-38-41-40-29(2)47-38)25-35(45-37)32-21-19-31(27-42)20-22-32/h17-24,34-35,37,42H,3-16,25-28H2,1-2H3,(H,39,43). The van der Waals surface area contributed by atoms with Crippen molar-refractivity contribution in [1.29, 1.82) is 0 Å². The molecule has 2 N–H and O–H groups in total. The van der Waals surface area contributed by atoms with Crippen molar-refractivity contribution in [3.63, 3.8) is 0 Å². The minimum absolute atomic E-state index is 0.0182. The molecule has 258 valence electrons. The average Bonchev–Trinajstić information content (AvgIpc) is 3.53. The summed E-state index contributed by atoms with van der Waals surface area (Å²) < 4.78 is 13.9. The van der Waals surface area contributed by atoms with E-state index in [2.05, 4.69) is 22.4 Å². The quantitative estimate of drug-likeness (QED) is 0.0806. The summed E-state index contributed by atoms with van der Waals surface area (Å²) in [5, 5.41) is 21.9. The minimum Gasteiger partial charge on any atom is -0.392 e. The molecule has 47 heavy (non-hydrogen) atoms. The van der Waals surface area contributed by atoms with Crippen molar-refractivity contribution >= 4 is 29.0 Å². The van der Waals surface area contributed by atoms with Crippen molar-refractivity contribution in [1.82, 2.24) is 15.5 Å². The van der Waals surface area contributed by atoms with E-state index in [1.54, 1.807) is 23.1 Å². The Balaban J connectivity index is 1.16. The van der Waals surface area contributed by atoms with Gasteiger partial charge < -0.3 is 19.9 Å². The highest BCUT2D eigenvalue weighted by Gasteiger charge is 2.32. The van der Waals surface area contributed by atoms with Gasteiger partial charge in [-0.25, -0.2) is 0 Å². The van der Waals surface area contributed by atoms with Gasteiger partial charge >= 0.3 is 0 Å². The fourth-order valence-electron chi connectivity index (χ4n) is 5.91. The molecule has 1 aliphatic rings. The van der Waals surface area contributed by atoms with Crippen LogP contribution < -0.4 is 5.32 Å². The van der Waals surface area contributed by atoms with E-state index in [0.29, 0.717) is 13.0 Å². The number of aliphatic hydroxyl groups excluding tert-OH is 1. The molecular formula is C38H55N3O4S2. The maximum atomic E-state index is 12.5. The van der Waals surface area contributed by atoms with Crippen LogP contribution in [0.15, 0.2) is 52.9 Å². The van der Waals surface area contributed by atoms with E-state index >= 15 is 0 Å². The topological polar surface area (TPSA) is 93.6 Å². The highest BCUT2D eigenvalue weighted by atomic mass is 32.2. The number of thioether (sulfide) groups is 1. The van der Waals surface area contributed by atoms with Crippen LogP contribution in [0.3, 0.4) is 0 Å². The van der Waals surface area contributed by atoms with Crippen molar-refractivity contribution in [3.8, 4) is 0 Å². The molecule has 1 aliphatic heterocycles. The van der Waals surface area contributed by atoms with Gasteiger partial charge in [0.25, 0.3) is 0 Å². The van der Waals surface area contributed by atoms with Crippen molar-refractivity contribution in [3.05, 3.63) is 75.8 Å². The predicted molar refractivity (Wildman–Crippen MR) is 192 cm³/mol. The Bertz CT molecular complexity index is 1280. The number of ether oxygens (including phenoxy) is 2. The van der Waals surface area contributed by atoms with Gasteiger partial charge in [-0.15, -0.1) is 10.2 Å². The summed E-state index contributed by atoms with van der Waals surface area (Å²) >= 11 is 3.26. The first-order chi connectivity index (χ1) is 23.0. The SMILES string of the molecule is CCCCCCCCCCCCCCCC(=O)NCc1ccc(C2OC(CSc3nnc(C)s3)CC(c3ccc(CO)cc3)O2)cc1. The summed E-state index contributed by atoms with van der Waals surface area (Å²) in [5.74, 6) is 0.875. The second kappa shape index (κ2) is 21.6. The number of hydrogen-bond donors (Lipinski definition) is 2. The summed E-state index contributed by atoms with van der Waals surface area (Å²) in [5.41, 5.74) is 3.95. The van der Waals surface area contributed by atoms with Crippen LogP contribution in [0, 0.1) is 6.92 Å². The first-order valence-corrected chi connectivity index (χ1v) is 19.6. The highest BCUT2D eigenvalue weighted by molar-refractivity contribution is 8.01. The van der Waals surface area contributed by atoms with Crippen molar-refractivity contribution < 1.29 is 19.4 Å². The molecule has 0 spiro atoms. The number of rotatable bonds is 22. The number of unbranched alkanes of at least 4 members (excludes halogenated alkanes) is 12. The van der Waals surface area contributed by atoms with Crippen LogP contribution in [0.2, 0.25) is 0 Å². The smallest absolute Gasteiger partial charge is 0.220 e. The number of hydrogen-bond acceptors (Lipinski definition) is 8. The van der Waals surface area contributed by atoms with Gasteiger partial charge in [0, 0.05) is 30.7 Å². The third-order valence-electron chi connectivity index (χ3n) is 8.76. The molecule has 2 aromatic carbocycles. The molecule has 3 unspecified atom stereocenters. The Labute approximate surface area is 290 Å². The Morgan fingerprint density at radius 3 is 2.02 bits per heavy atom.